The Balaban J connectivity index is 1.45. The highest BCUT2D eigenvalue weighted by Gasteiger charge is 2.36. The van der Waals surface area contributed by atoms with Crippen LogP contribution in [-0.2, 0) is 13.0 Å². The van der Waals surface area contributed by atoms with Gasteiger partial charge in [0.25, 0.3) is 0 Å². The van der Waals surface area contributed by atoms with Crippen LogP contribution in [0.5, 0.6) is 0 Å². The van der Waals surface area contributed by atoms with Gasteiger partial charge < -0.3 is 19.7 Å². The summed E-state index contributed by atoms with van der Waals surface area (Å²) in [5.74, 6) is 0.337. The SMILES string of the molecule is O=C(Nc1cccc(F)c1)N1Cc2[nH]cnc2C[C@H]1c1nc(-c2ccccc2)no1. The van der Waals surface area contributed by atoms with Gasteiger partial charge in [0.15, 0.2) is 0 Å². The van der Waals surface area contributed by atoms with Crippen molar-refractivity contribution in [3.63, 3.8) is 0 Å². The molecular formula is C21H17FN6O2. The van der Waals surface area contributed by atoms with E-state index in [0.29, 0.717) is 23.8 Å². The number of hydrogen-bond acceptors (Lipinski definition) is 5. The Morgan fingerprint density at radius 2 is 2.07 bits per heavy atom. The van der Waals surface area contributed by atoms with Crippen LogP contribution in [0.15, 0.2) is 65.4 Å². The molecular weight excluding hydrogens is 387 g/mol. The Morgan fingerprint density at radius 3 is 2.90 bits per heavy atom. The molecule has 150 valence electrons. The molecule has 0 saturated heterocycles. The fourth-order valence-electron chi connectivity index (χ4n) is 3.51. The molecule has 30 heavy (non-hydrogen) atoms. The van der Waals surface area contributed by atoms with E-state index in [4.69, 9.17) is 4.52 Å². The smallest absolute Gasteiger partial charge is 0.322 e. The number of aromatic nitrogens is 4. The minimum absolute atomic E-state index is 0.282. The molecule has 9 heteroatoms. The summed E-state index contributed by atoms with van der Waals surface area (Å²) in [5.41, 5.74) is 2.86. The molecule has 0 radical (unpaired) electrons. The van der Waals surface area contributed by atoms with E-state index >= 15 is 0 Å². The zero-order valence-corrected chi connectivity index (χ0v) is 15.7. The lowest BCUT2D eigenvalue weighted by molar-refractivity contribution is 0.155. The summed E-state index contributed by atoms with van der Waals surface area (Å²) in [5, 5.41) is 6.81. The Morgan fingerprint density at radius 1 is 1.20 bits per heavy atom. The molecule has 2 aromatic carbocycles. The van der Waals surface area contributed by atoms with Gasteiger partial charge in [-0.1, -0.05) is 41.6 Å². The van der Waals surface area contributed by atoms with Crippen LogP contribution >= 0.6 is 0 Å². The van der Waals surface area contributed by atoms with Crippen molar-refractivity contribution in [2.45, 2.75) is 19.0 Å². The number of halogens is 1. The number of urea groups is 1. The van der Waals surface area contributed by atoms with Gasteiger partial charge in [-0.15, -0.1) is 0 Å². The van der Waals surface area contributed by atoms with Gasteiger partial charge in [0.05, 0.1) is 24.3 Å². The summed E-state index contributed by atoms with van der Waals surface area (Å²) < 4.78 is 19.0. The van der Waals surface area contributed by atoms with Crippen LogP contribution in [0.25, 0.3) is 11.4 Å². The van der Waals surface area contributed by atoms with Crippen LogP contribution in [0.4, 0.5) is 14.9 Å². The van der Waals surface area contributed by atoms with Crippen molar-refractivity contribution in [2.24, 2.45) is 0 Å². The highest BCUT2D eigenvalue weighted by atomic mass is 19.1. The maximum atomic E-state index is 13.5. The van der Waals surface area contributed by atoms with Gasteiger partial charge in [0, 0.05) is 17.7 Å². The number of anilines is 1. The predicted octanol–water partition coefficient (Wildman–Crippen LogP) is 3.93. The second-order valence-corrected chi connectivity index (χ2v) is 6.94. The number of rotatable bonds is 3. The molecule has 0 unspecified atom stereocenters. The summed E-state index contributed by atoms with van der Waals surface area (Å²) >= 11 is 0. The summed E-state index contributed by atoms with van der Waals surface area (Å²) in [4.78, 5) is 26.5. The van der Waals surface area contributed by atoms with Crippen LogP contribution in [0.3, 0.4) is 0 Å². The number of fused-ring (bicyclic) bond motifs is 1. The number of carbonyl (C=O) groups is 1. The predicted molar refractivity (Wildman–Crippen MR) is 106 cm³/mol. The quantitative estimate of drug-likeness (QED) is 0.539. The Labute approximate surface area is 170 Å². The first-order valence-corrected chi connectivity index (χ1v) is 9.41. The van der Waals surface area contributed by atoms with Crippen LogP contribution in [0, 0.1) is 5.82 Å². The van der Waals surface area contributed by atoms with Crippen molar-refractivity contribution in [1.82, 2.24) is 25.0 Å². The van der Waals surface area contributed by atoms with E-state index in [1.54, 1.807) is 17.3 Å². The van der Waals surface area contributed by atoms with Crippen molar-refractivity contribution >= 4 is 11.7 Å². The maximum Gasteiger partial charge on any atom is 0.322 e. The minimum atomic E-state index is -0.501. The lowest BCUT2D eigenvalue weighted by Gasteiger charge is -2.32. The zero-order chi connectivity index (χ0) is 20.5. The molecule has 2 amide bonds. The largest absolute Gasteiger partial charge is 0.347 e. The van der Waals surface area contributed by atoms with E-state index in [1.807, 2.05) is 30.3 Å². The van der Waals surface area contributed by atoms with E-state index in [0.717, 1.165) is 17.0 Å². The second kappa shape index (κ2) is 7.43. The van der Waals surface area contributed by atoms with E-state index in [9.17, 15) is 9.18 Å². The van der Waals surface area contributed by atoms with Crippen molar-refractivity contribution in [2.75, 3.05) is 5.32 Å². The molecule has 1 atom stereocenters. The Hall–Kier alpha value is -4.01. The number of amides is 2. The van der Waals surface area contributed by atoms with Crippen LogP contribution < -0.4 is 5.32 Å². The van der Waals surface area contributed by atoms with Gasteiger partial charge in [-0.3, -0.25) is 0 Å². The average Bonchev–Trinajstić information content (AvgIpc) is 3.43. The number of carbonyl (C=O) groups excluding carboxylic acids is 1. The average molecular weight is 404 g/mol. The lowest BCUT2D eigenvalue weighted by Crippen LogP contribution is -2.41. The zero-order valence-electron chi connectivity index (χ0n) is 15.7. The van der Waals surface area contributed by atoms with Crippen molar-refractivity contribution < 1.29 is 13.7 Å². The number of imidazole rings is 1. The molecule has 1 aliphatic rings. The first-order chi connectivity index (χ1) is 14.7. The Bertz CT molecular complexity index is 1190. The Kier molecular flexibility index (Phi) is 4.47. The van der Waals surface area contributed by atoms with E-state index in [2.05, 4.69) is 25.4 Å². The van der Waals surface area contributed by atoms with E-state index in [1.165, 1.54) is 18.2 Å². The summed E-state index contributed by atoms with van der Waals surface area (Å²) in [6.07, 6.45) is 2.02. The molecule has 0 aliphatic carbocycles. The number of benzene rings is 2. The van der Waals surface area contributed by atoms with Crippen LogP contribution in [0.1, 0.15) is 23.3 Å². The van der Waals surface area contributed by atoms with Crippen LogP contribution in [0.2, 0.25) is 0 Å². The molecule has 2 N–H and O–H groups in total. The molecule has 0 spiro atoms. The van der Waals surface area contributed by atoms with E-state index < -0.39 is 17.9 Å². The van der Waals surface area contributed by atoms with Crippen LogP contribution in [-0.4, -0.2) is 31.0 Å². The topological polar surface area (TPSA) is 99.9 Å². The van der Waals surface area contributed by atoms with Gasteiger partial charge in [-0.2, -0.15) is 4.98 Å². The van der Waals surface area contributed by atoms with Gasteiger partial charge in [-0.25, -0.2) is 14.2 Å². The van der Waals surface area contributed by atoms with Gasteiger partial charge in [0.1, 0.15) is 11.9 Å². The maximum absolute atomic E-state index is 13.5. The van der Waals surface area contributed by atoms with Crippen molar-refractivity contribution in [3.05, 3.63) is 84.0 Å². The molecule has 8 nitrogen and oxygen atoms in total. The third-order valence-electron chi connectivity index (χ3n) is 4.99. The first kappa shape index (κ1) is 18.0. The number of aromatic amines is 1. The second-order valence-electron chi connectivity index (χ2n) is 6.94. The molecule has 3 heterocycles. The lowest BCUT2D eigenvalue weighted by atomic mass is 10.0. The number of hydrogen-bond donors (Lipinski definition) is 2. The third kappa shape index (κ3) is 3.41. The summed E-state index contributed by atoms with van der Waals surface area (Å²) in [6, 6.07) is 14.3. The minimum Gasteiger partial charge on any atom is -0.347 e. The van der Waals surface area contributed by atoms with Crippen molar-refractivity contribution in [3.8, 4) is 11.4 Å². The fraction of sp³-hybridized carbons (Fsp3) is 0.143. The van der Waals surface area contributed by atoms with Gasteiger partial charge in [-0.05, 0) is 18.2 Å². The molecule has 2 aromatic heterocycles. The van der Waals surface area contributed by atoms with Crippen molar-refractivity contribution in [1.29, 1.82) is 0 Å². The first-order valence-electron chi connectivity index (χ1n) is 9.41. The highest BCUT2D eigenvalue weighted by molar-refractivity contribution is 5.89. The van der Waals surface area contributed by atoms with Gasteiger partial charge in [0.2, 0.25) is 11.7 Å². The number of nitrogens with one attached hydrogen (secondary N) is 2. The standard InChI is InChI=1S/C21H17FN6O2/c22-14-7-4-8-15(9-14)25-21(29)28-11-17-16(23-12-24-17)10-18(28)20-26-19(27-30-20)13-5-2-1-3-6-13/h1-9,12,18H,10-11H2,(H,23,24)(H,25,29)/t18-/m0/s1. The molecule has 1 aliphatic heterocycles. The number of H-pyrrole nitrogens is 1. The highest BCUT2D eigenvalue weighted by Crippen LogP contribution is 2.32. The summed E-state index contributed by atoms with van der Waals surface area (Å²) in [7, 11) is 0. The van der Waals surface area contributed by atoms with Gasteiger partial charge >= 0.3 is 6.03 Å². The normalized spacial score (nSPS) is 15.6. The monoisotopic (exact) mass is 404 g/mol. The summed E-state index contributed by atoms with van der Waals surface area (Å²) in [6.45, 7) is 0.282. The fourth-order valence-corrected chi connectivity index (χ4v) is 3.51. The molecule has 4 aromatic rings. The molecule has 0 bridgehead atoms. The van der Waals surface area contributed by atoms with E-state index in [-0.39, 0.29) is 6.54 Å². The number of nitrogens with zero attached hydrogens (tertiary/aromatic N) is 4. The molecule has 0 saturated carbocycles. The third-order valence-corrected chi connectivity index (χ3v) is 4.99. The molecule has 0 fully saturated rings. The molecule has 5 rings (SSSR count).